The van der Waals surface area contributed by atoms with E-state index < -0.39 is 17.6 Å². The fourth-order valence-electron chi connectivity index (χ4n) is 2.82. The molecular weight excluding hydrogens is 480 g/mol. The molecule has 1 heterocycles. The van der Waals surface area contributed by atoms with Crippen LogP contribution in [0.15, 0.2) is 60.9 Å². The molecule has 9 nitrogen and oxygen atoms in total. The highest BCUT2D eigenvalue weighted by molar-refractivity contribution is 6.05. The summed E-state index contributed by atoms with van der Waals surface area (Å²) in [5, 5.41) is 8.55. The van der Waals surface area contributed by atoms with Crippen LogP contribution in [-0.4, -0.2) is 27.6 Å². The second kappa shape index (κ2) is 16.7. The van der Waals surface area contributed by atoms with Crippen LogP contribution in [0.25, 0.3) is 0 Å². The van der Waals surface area contributed by atoms with E-state index in [1.54, 1.807) is 45.0 Å². The number of aromatic nitrogens is 2. The van der Waals surface area contributed by atoms with Crippen LogP contribution in [0.1, 0.15) is 76.5 Å². The Bertz CT molecular complexity index is 1110. The van der Waals surface area contributed by atoms with Crippen molar-refractivity contribution in [3.05, 3.63) is 77.7 Å². The van der Waals surface area contributed by atoms with E-state index in [0.717, 1.165) is 11.1 Å². The topological polar surface area (TPSA) is 131 Å². The Morgan fingerprint density at radius 3 is 1.92 bits per heavy atom. The molecule has 0 saturated heterocycles. The van der Waals surface area contributed by atoms with Gasteiger partial charge in [0.2, 0.25) is 0 Å². The first-order chi connectivity index (χ1) is 18.1. The van der Waals surface area contributed by atoms with E-state index in [9.17, 15) is 9.59 Å². The van der Waals surface area contributed by atoms with E-state index in [1.807, 2.05) is 38.1 Å². The first kappa shape index (κ1) is 32.0. The maximum Gasteiger partial charge on any atom is 0.412 e. The molecule has 206 valence electrons. The maximum atomic E-state index is 12.6. The van der Waals surface area contributed by atoms with Gasteiger partial charge in [0.1, 0.15) is 17.1 Å². The molecule has 0 spiro atoms. The number of ether oxygens (including phenoxy) is 1. The van der Waals surface area contributed by atoms with Crippen molar-refractivity contribution in [1.29, 1.82) is 0 Å². The van der Waals surface area contributed by atoms with Gasteiger partial charge in [-0.25, -0.2) is 14.8 Å². The Balaban J connectivity index is 0.00000135. The average Bonchev–Trinajstić information content (AvgIpc) is 2.90. The quantitative estimate of drug-likeness (QED) is 0.275. The third-order valence-electron chi connectivity index (χ3n) is 4.43. The van der Waals surface area contributed by atoms with E-state index in [0.29, 0.717) is 30.3 Å². The molecule has 0 aliphatic carbocycles. The highest BCUT2D eigenvalue weighted by atomic mass is 16.6. The van der Waals surface area contributed by atoms with Gasteiger partial charge in [-0.3, -0.25) is 10.1 Å². The van der Waals surface area contributed by atoms with E-state index in [2.05, 4.69) is 39.8 Å². The second-order valence-corrected chi connectivity index (χ2v) is 8.99. The summed E-state index contributed by atoms with van der Waals surface area (Å²) in [6.07, 6.45) is 3.52. The van der Waals surface area contributed by atoms with E-state index in [4.69, 9.17) is 10.5 Å². The van der Waals surface area contributed by atoms with Gasteiger partial charge in [0.15, 0.2) is 0 Å². The molecule has 0 fully saturated rings. The minimum absolute atomic E-state index is 0.139. The van der Waals surface area contributed by atoms with Crippen molar-refractivity contribution in [2.75, 3.05) is 16.0 Å². The standard InChI is InChI=1S/C24H28N6O3.C3H8.C2H6/c1-24(2,3)33-23(32)30-19-7-5-4-6-18(19)29-22(31)20-14-28-21(15-26-20)27-13-17-10-8-16(12-25)9-11-17;1-3-2;1-2/h4-11,14-15H,12-13,25H2,1-3H3,(H,27,28)(H,29,31)(H,30,32);3H2,1-2H3;1-2H3. The van der Waals surface area contributed by atoms with Crippen molar-refractivity contribution in [3.63, 3.8) is 0 Å². The molecule has 1 aromatic heterocycles. The van der Waals surface area contributed by atoms with E-state index in [1.165, 1.54) is 18.8 Å². The number of amides is 2. The molecule has 0 bridgehead atoms. The zero-order valence-corrected chi connectivity index (χ0v) is 23.6. The third-order valence-corrected chi connectivity index (χ3v) is 4.43. The number of hydrogen-bond donors (Lipinski definition) is 4. The lowest BCUT2D eigenvalue weighted by atomic mass is 10.1. The van der Waals surface area contributed by atoms with Gasteiger partial charge in [0.25, 0.3) is 5.91 Å². The van der Waals surface area contributed by atoms with Gasteiger partial charge in [-0.1, -0.05) is 70.5 Å². The lowest BCUT2D eigenvalue weighted by molar-refractivity contribution is 0.0635. The Hall–Kier alpha value is -3.98. The first-order valence-electron chi connectivity index (χ1n) is 12.9. The summed E-state index contributed by atoms with van der Waals surface area (Å²) in [4.78, 5) is 33.2. The highest BCUT2D eigenvalue weighted by Gasteiger charge is 2.18. The van der Waals surface area contributed by atoms with Crippen molar-refractivity contribution in [2.24, 2.45) is 5.73 Å². The number of nitrogens with zero attached hydrogens (tertiary/aromatic N) is 2. The summed E-state index contributed by atoms with van der Waals surface area (Å²) < 4.78 is 5.27. The van der Waals surface area contributed by atoms with Crippen LogP contribution >= 0.6 is 0 Å². The van der Waals surface area contributed by atoms with Gasteiger partial charge < -0.3 is 21.1 Å². The van der Waals surface area contributed by atoms with Crippen molar-refractivity contribution in [2.45, 2.75) is 73.6 Å². The van der Waals surface area contributed by atoms with Crippen LogP contribution in [0.4, 0.5) is 22.0 Å². The summed E-state index contributed by atoms with van der Waals surface area (Å²) in [5.74, 6) is 0.0892. The van der Waals surface area contributed by atoms with Gasteiger partial charge in [0, 0.05) is 13.1 Å². The average molecular weight is 523 g/mol. The molecule has 3 rings (SSSR count). The SMILES string of the molecule is CC.CC(C)(C)OC(=O)Nc1ccccc1NC(=O)c1cnc(NCc2ccc(CN)cc2)cn1.CCC. The summed E-state index contributed by atoms with van der Waals surface area (Å²) in [6, 6.07) is 14.8. The minimum Gasteiger partial charge on any atom is -0.444 e. The number of rotatable bonds is 7. The molecule has 0 atom stereocenters. The summed E-state index contributed by atoms with van der Waals surface area (Å²) in [5.41, 5.74) is 8.08. The third kappa shape index (κ3) is 11.8. The van der Waals surface area contributed by atoms with Crippen molar-refractivity contribution >= 4 is 29.2 Å². The van der Waals surface area contributed by atoms with Gasteiger partial charge in [-0.2, -0.15) is 0 Å². The molecular formula is C29H42N6O3. The monoisotopic (exact) mass is 522 g/mol. The minimum atomic E-state index is -0.637. The fraction of sp³-hybridized carbons (Fsp3) is 0.379. The van der Waals surface area contributed by atoms with Gasteiger partial charge >= 0.3 is 6.09 Å². The number of para-hydroxylation sites is 2. The fourth-order valence-corrected chi connectivity index (χ4v) is 2.82. The largest absolute Gasteiger partial charge is 0.444 e. The molecule has 0 saturated carbocycles. The number of nitrogens with two attached hydrogens (primary N) is 1. The lowest BCUT2D eigenvalue weighted by Gasteiger charge is -2.20. The van der Waals surface area contributed by atoms with Crippen LogP contribution in [-0.2, 0) is 17.8 Å². The van der Waals surface area contributed by atoms with Crippen LogP contribution in [0, 0.1) is 0 Å². The van der Waals surface area contributed by atoms with Crippen LogP contribution in [0.2, 0.25) is 0 Å². The molecule has 0 aliphatic rings. The number of hydrogen-bond acceptors (Lipinski definition) is 7. The van der Waals surface area contributed by atoms with E-state index >= 15 is 0 Å². The smallest absolute Gasteiger partial charge is 0.412 e. The van der Waals surface area contributed by atoms with Crippen molar-refractivity contribution < 1.29 is 14.3 Å². The summed E-state index contributed by atoms with van der Waals surface area (Å²) >= 11 is 0. The number of nitrogens with one attached hydrogen (secondary N) is 3. The molecule has 2 amide bonds. The Morgan fingerprint density at radius 1 is 0.868 bits per heavy atom. The van der Waals surface area contributed by atoms with Gasteiger partial charge in [-0.05, 0) is 44.0 Å². The Labute approximate surface area is 226 Å². The van der Waals surface area contributed by atoms with Gasteiger partial charge in [-0.15, -0.1) is 0 Å². The van der Waals surface area contributed by atoms with Crippen molar-refractivity contribution in [3.8, 4) is 0 Å². The highest BCUT2D eigenvalue weighted by Crippen LogP contribution is 2.22. The molecule has 5 N–H and O–H groups in total. The van der Waals surface area contributed by atoms with Gasteiger partial charge in [0.05, 0.1) is 23.8 Å². The van der Waals surface area contributed by atoms with Crippen molar-refractivity contribution in [1.82, 2.24) is 9.97 Å². The molecule has 0 unspecified atom stereocenters. The first-order valence-corrected chi connectivity index (χ1v) is 12.9. The second-order valence-electron chi connectivity index (χ2n) is 8.99. The number of benzene rings is 2. The Kier molecular flexibility index (Phi) is 14.1. The zero-order chi connectivity index (χ0) is 28.6. The summed E-state index contributed by atoms with van der Waals surface area (Å²) in [7, 11) is 0. The Morgan fingerprint density at radius 2 is 1.42 bits per heavy atom. The molecule has 0 aliphatic heterocycles. The number of carbonyl (C=O) groups is 2. The summed E-state index contributed by atoms with van der Waals surface area (Å²) in [6.45, 7) is 14.6. The predicted molar refractivity (Wildman–Crippen MR) is 155 cm³/mol. The molecule has 38 heavy (non-hydrogen) atoms. The molecule has 9 heteroatoms. The van der Waals surface area contributed by atoms with Crippen LogP contribution < -0.4 is 21.7 Å². The van der Waals surface area contributed by atoms with Crippen LogP contribution in [0.5, 0.6) is 0 Å². The molecule has 3 aromatic rings. The van der Waals surface area contributed by atoms with E-state index in [-0.39, 0.29) is 5.69 Å². The lowest BCUT2D eigenvalue weighted by Crippen LogP contribution is -2.27. The predicted octanol–water partition coefficient (Wildman–Crippen LogP) is 6.59. The number of anilines is 3. The molecule has 2 aromatic carbocycles. The van der Waals surface area contributed by atoms with Crippen LogP contribution in [0.3, 0.4) is 0 Å². The molecule has 0 radical (unpaired) electrons. The maximum absolute atomic E-state index is 12.6. The number of carbonyl (C=O) groups excluding carboxylic acids is 2. The normalized spacial score (nSPS) is 10.1. The zero-order valence-electron chi connectivity index (χ0n) is 23.6.